The molecule has 1 aromatic carbocycles. The van der Waals surface area contributed by atoms with Crippen LogP contribution < -0.4 is 0 Å². The second-order valence-corrected chi connectivity index (χ2v) is 3.23. The first-order chi connectivity index (χ1) is 7.52. The molecule has 0 aliphatic rings. The first-order valence-corrected chi connectivity index (χ1v) is 4.69. The lowest BCUT2D eigenvalue weighted by molar-refractivity contribution is -0.171. The van der Waals surface area contributed by atoms with E-state index in [0.29, 0.717) is 5.56 Å². The summed E-state index contributed by atoms with van der Waals surface area (Å²) in [4.78, 5) is 22.1. The summed E-state index contributed by atoms with van der Waals surface area (Å²) in [7, 11) is 0. The van der Waals surface area contributed by atoms with E-state index in [0.717, 1.165) is 0 Å². The van der Waals surface area contributed by atoms with Crippen molar-refractivity contribution < 1.29 is 24.5 Å². The Morgan fingerprint density at radius 3 is 2.19 bits per heavy atom. The summed E-state index contributed by atoms with van der Waals surface area (Å²) in [6.07, 6.45) is -2.92. The van der Waals surface area contributed by atoms with Crippen LogP contribution in [0.5, 0.6) is 0 Å². The summed E-state index contributed by atoms with van der Waals surface area (Å²) >= 11 is 0. The molecule has 0 radical (unpaired) electrons. The zero-order valence-electron chi connectivity index (χ0n) is 8.66. The Morgan fingerprint density at radius 2 is 1.69 bits per heavy atom. The van der Waals surface area contributed by atoms with Gasteiger partial charge in [-0.05, 0) is 12.5 Å². The molecule has 0 aromatic heterocycles. The molecule has 0 heterocycles. The van der Waals surface area contributed by atoms with Crippen LogP contribution in [0.4, 0.5) is 0 Å². The standard InChI is InChI=1S/C11H12O5/c1-7(12)10(14)16-11(15)9(13)8-5-3-2-4-6-8/h2-7,9,12-13H,1H3/t7?,9-/m1/s1. The Kier molecular flexibility index (Phi) is 4.16. The van der Waals surface area contributed by atoms with Gasteiger partial charge in [0.1, 0.15) is 6.10 Å². The minimum atomic E-state index is -1.52. The Labute approximate surface area is 92.3 Å². The molecule has 0 fully saturated rings. The van der Waals surface area contributed by atoms with Gasteiger partial charge in [0, 0.05) is 0 Å². The maximum atomic E-state index is 11.3. The van der Waals surface area contributed by atoms with Crippen molar-refractivity contribution in [2.45, 2.75) is 19.1 Å². The minimum Gasteiger partial charge on any atom is -0.389 e. The van der Waals surface area contributed by atoms with Gasteiger partial charge in [-0.1, -0.05) is 30.3 Å². The van der Waals surface area contributed by atoms with Crippen molar-refractivity contribution in [3.63, 3.8) is 0 Å². The topological polar surface area (TPSA) is 83.8 Å². The van der Waals surface area contributed by atoms with E-state index < -0.39 is 24.1 Å². The normalized spacial score (nSPS) is 13.9. The fourth-order valence-electron chi connectivity index (χ4n) is 1.01. The first kappa shape index (κ1) is 12.4. The fourth-order valence-corrected chi connectivity index (χ4v) is 1.01. The molecule has 0 saturated heterocycles. The van der Waals surface area contributed by atoms with Crippen LogP contribution in [-0.4, -0.2) is 28.3 Å². The summed E-state index contributed by atoms with van der Waals surface area (Å²) in [6, 6.07) is 8.06. The molecule has 0 spiro atoms. The highest BCUT2D eigenvalue weighted by Crippen LogP contribution is 2.13. The van der Waals surface area contributed by atoms with Crippen molar-refractivity contribution in [2.75, 3.05) is 0 Å². The Hall–Kier alpha value is -1.72. The highest BCUT2D eigenvalue weighted by molar-refractivity contribution is 5.90. The first-order valence-electron chi connectivity index (χ1n) is 4.69. The number of aliphatic hydroxyl groups excluding tert-OH is 2. The van der Waals surface area contributed by atoms with E-state index >= 15 is 0 Å². The molecule has 5 nitrogen and oxygen atoms in total. The lowest BCUT2D eigenvalue weighted by atomic mass is 10.1. The van der Waals surface area contributed by atoms with E-state index in [-0.39, 0.29) is 0 Å². The van der Waals surface area contributed by atoms with Gasteiger partial charge in [0.15, 0.2) is 6.10 Å². The predicted molar refractivity (Wildman–Crippen MR) is 54.2 cm³/mol. The van der Waals surface area contributed by atoms with Gasteiger partial charge in [-0.2, -0.15) is 0 Å². The maximum Gasteiger partial charge on any atom is 0.347 e. The second-order valence-electron chi connectivity index (χ2n) is 3.23. The van der Waals surface area contributed by atoms with Gasteiger partial charge in [-0.3, -0.25) is 0 Å². The summed E-state index contributed by atoms with van der Waals surface area (Å²) in [6.45, 7) is 1.17. The van der Waals surface area contributed by atoms with Crippen LogP contribution in [0.2, 0.25) is 0 Å². The highest BCUT2D eigenvalue weighted by atomic mass is 16.6. The van der Waals surface area contributed by atoms with Crippen LogP contribution >= 0.6 is 0 Å². The summed E-state index contributed by atoms with van der Waals surface area (Å²) in [5.74, 6) is -2.18. The van der Waals surface area contributed by atoms with Crippen molar-refractivity contribution in [2.24, 2.45) is 0 Å². The molecule has 16 heavy (non-hydrogen) atoms. The number of carbonyl (C=O) groups excluding carboxylic acids is 2. The van der Waals surface area contributed by atoms with Gasteiger partial charge < -0.3 is 14.9 Å². The summed E-state index contributed by atoms with van der Waals surface area (Å²) in [5, 5.41) is 18.3. The number of esters is 2. The number of hydrogen-bond acceptors (Lipinski definition) is 5. The number of benzene rings is 1. The van der Waals surface area contributed by atoms with Crippen LogP contribution in [0.15, 0.2) is 30.3 Å². The van der Waals surface area contributed by atoms with Crippen LogP contribution in [-0.2, 0) is 14.3 Å². The van der Waals surface area contributed by atoms with E-state index in [1.807, 2.05) is 0 Å². The molecule has 2 atom stereocenters. The number of hydrogen-bond donors (Lipinski definition) is 2. The average molecular weight is 224 g/mol. The SMILES string of the molecule is CC(O)C(=O)OC(=O)[C@H](O)c1ccccc1. The van der Waals surface area contributed by atoms with E-state index in [9.17, 15) is 14.7 Å². The third-order valence-electron chi connectivity index (χ3n) is 1.88. The molecule has 0 saturated carbocycles. The zero-order valence-corrected chi connectivity index (χ0v) is 8.66. The largest absolute Gasteiger partial charge is 0.389 e. The lowest BCUT2D eigenvalue weighted by Crippen LogP contribution is -2.26. The quantitative estimate of drug-likeness (QED) is 0.564. The van der Waals surface area contributed by atoms with Crippen molar-refractivity contribution in [3.8, 4) is 0 Å². The van der Waals surface area contributed by atoms with E-state index in [1.54, 1.807) is 18.2 Å². The lowest BCUT2D eigenvalue weighted by Gasteiger charge is -2.10. The molecule has 1 rings (SSSR count). The predicted octanol–water partition coefficient (Wildman–Crippen LogP) is 0.171. The molecule has 1 unspecified atom stereocenters. The Morgan fingerprint density at radius 1 is 1.12 bits per heavy atom. The molecule has 0 amide bonds. The maximum absolute atomic E-state index is 11.3. The molecule has 0 aliphatic carbocycles. The summed E-state index contributed by atoms with van der Waals surface area (Å²) in [5.41, 5.74) is 0.325. The molecule has 0 bridgehead atoms. The number of aliphatic hydroxyl groups is 2. The monoisotopic (exact) mass is 224 g/mol. The van der Waals surface area contributed by atoms with Gasteiger partial charge in [-0.15, -0.1) is 0 Å². The van der Waals surface area contributed by atoms with Gasteiger partial charge in [0.05, 0.1) is 0 Å². The van der Waals surface area contributed by atoms with Crippen molar-refractivity contribution in [3.05, 3.63) is 35.9 Å². The number of carbonyl (C=O) groups is 2. The van der Waals surface area contributed by atoms with Gasteiger partial charge >= 0.3 is 11.9 Å². The van der Waals surface area contributed by atoms with Crippen LogP contribution in [0.25, 0.3) is 0 Å². The number of ether oxygens (including phenoxy) is 1. The van der Waals surface area contributed by atoms with E-state index in [4.69, 9.17) is 5.11 Å². The fraction of sp³-hybridized carbons (Fsp3) is 0.273. The minimum absolute atomic E-state index is 0.325. The highest BCUT2D eigenvalue weighted by Gasteiger charge is 2.23. The van der Waals surface area contributed by atoms with Crippen LogP contribution in [0, 0.1) is 0 Å². The second kappa shape index (κ2) is 5.39. The van der Waals surface area contributed by atoms with Crippen LogP contribution in [0.1, 0.15) is 18.6 Å². The number of rotatable bonds is 3. The summed E-state index contributed by atoms with van der Waals surface area (Å²) < 4.78 is 4.25. The molecular weight excluding hydrogens is 212 g/mol. The van der Waals surface area contributed by atoms with Crippen molar-refractivity contribution >= 4 is 11.9 Å². The molecule has 5 heteroatoms. The van der Waals surface area contributed by atoms with Gasteiger partial charge in [-0.25, -0.2) is 9.59 Å². The van der Waals surface area contributed by atoms with Gasteiger partial charge in [0.25, 0.3) is 0 Å². The third-order valence-corrected chi connectivity index (χ3v) is 1.88. The van der Waals surface area contributed by atoms with E-state index in [1.165, 1.54) is 19.1 Å². The molecular formula is C11H12O5. The van der Waals surface area contributed by atoms with Crippen LogP contribution in [0.3, 0.4) is 0 Å². The van der Waals surface area contributed by atoms with Gasteiger partial charge in [0.2, 0.25) is 0 Å². The Balaban J connectivity index is 2.65. The van der Waals surface area contributed by atoms with Crippen molar-refractivity contribution in [1.82, 2.24) is 0 Å². The molecule has 86 valence electrons. The smallest absolute Gasteiger partial charge is 0.347 e. The van der Waals surface area contributed by atoms with Crippen molar-refractivity contribution in [1.29, 1.82) is 0 Å². The van der Waals surface area contributed by atoms with E-state index in [2.05, 4.69) is 4.74 Å². The molecule has 2 N–H and O–H groups in total. The third kappa shape index (κ3) is 3.15. The zero-order chi connectivity index (χ0) is 12.1. The molecule has 1 aromatic rings. The average Bonchev–Trinajstić information content (AvgIpc) is 2.28. The Bertz CT molecular complexity index is 371. The molecule has 0 aliphatic heterocycles.